The lowest BCUT2D eigenvalue weighted by atomic mass is 9.91. The van der Waals surface area contributed by atoms with Gasteiger partial charge in [0.15, 0.2) is 51.5 Å². The van der Waals surface area contributed by atoms with Gasteiger partial charge in [0.05, 0.1) is 44.4 Å². The first-order valence-corrected chi connectivity index (χ1v) is 47.6. The summed E-state index contributed by atoms with van der Waals surface area (Å²) in [4.78, 5) is 106. The van der Waals surface area contributed by atoms with Crippen LogP contribution in [0, 0.1) is 20.8 Å². The fourth-order valence-corrected chi connectivity index (χ4v) is 15.6. The maximum absolute atomic E-state index is 11.9. The number of aromatic amines is 7. The smallest absolute Gasteiger partial charge is 0.336 e. The molecular weight excluding hydrogens is 1950 g/mol. The molecule has 48 nitrogen and oxygen atoms in total. The third-order valence-corrected chi connectivity index (χ3v) is 23.4. The van der Waals surface area contributed by atoms with Gasteiger partial charge in [-0.1, -0.05) is 237 Å². The van der Waals surface area contributed by atoms with Gasteiger partial charge >= 0.3 is 39.4 Å². The predicted octanol–water partition coefficient (Wildman–Crippen LogP) is 23.6. The molecule has 56 heteroatoms. The summed E-state index contributed by atoms with van der Waals surface area (Å²) in [6, 6.07) is 45.8. The van der Waals surface area contributed by atoms with Crippen molar-refractivity contribution in [2.75, 3.05) is 6.26 Å². The zero-order valence-corrected chi connectivity index (χ0v) is 81.9. The number of rotatable bonds is 22. The number of azo groups is 7. The number of hydrogen-bond donors (Lipinski definition) is 7. The highest BCUT2D eigenvalue weighted by Gasteiger charge is 2.27. The number of benzene rings is 5. The molecule has 0 spiro atoms. The van der Waals surface area contributed by atoms with E-state index in [1.807, 2.05) is 221 Å². The number of fused-ring (bicyclic) bond motifs is 1. The number of thioether (sulfide) groups is 1. The van der Waals surface area contributed by atoms with E-state index in [-0.39, 0.29) is 56.6 Å². The van der Waals surface area contributed by atoms with Crippen LogP contribution in [0.4, 0.5) is 75.7 Å². The van der Waals surface area contributed by atoms with Crippen LogP contribution in [0.15, 0.2) is 288 Å². The van der Waals surface area contributed by atoms with Gasteiger partial charge in [0.2, 0.25) is 35.9 Å². The molecule has 139 heavy (non-hydrogen) atoms. The van der Waals surface area contributed by atoms with Crippen molar-refractivity contribution in [3.8, 4) is 44.6 Å². The van der Waals surface area contributed by atoms with Crippen molar-refractivity contribution in [1.82, 2.24) is 98.1 Å². The Morgan fingerprint density at radius 2 is 0.719 bits per heavy atom. The number of thiazole rings is 1. The second kappa shape index (κ2) is 47.4. The van der Waals surface area contributed by atoms with E-state index in [2.05, 4.69) is 183 Å². The summed E-state index contributed by atoms with van der Waals surface area (Å²) >= 11 is 9.76. The first-order chi connectivity index (χ1) is 67.0. The number of aryl methyl sites for hydroxylation is 5. The zero-order chi connectivity index (χ0) is 98.7. The number of nitrogens with zero attached hydrogens (tertiary/aromatic N) is 27. The summed E-state index contributed by atoms with van der Waals surface area (Å²) in [5, 5.41) is 85.0. The lowest BCUT2D eigenvalue weighted by Gasteiger charge is -2.14. The molecule has 5 aromatic carbocycles. The van der Waals surface area contributed by atoms with Crippen LogP contribution in [0.1, 0.15) is 121 Å². The monoisotopic (exact) mass is 2030 g/mol. The Morgan fingerprint density at radius 3 is 1.18 bits per heavy atom. The van der Waals surface area contributed by atoms with Gasteiger partial charge in [0.25, 0.3) is 5.13 Å². The highest BCUT2D eigenvalue weighted by Crippen LogP contribution is 2.37. The third kappa shape index (κ3) is 27.4. The molecule has 7 N–H and O–H groups in total. The minimum atomic E-state index is -0.588. The molecule has 19 aromatic rings. The van der Waals surface area contributed by atoms with E-state index >= 15 is 0 Å². The molecule has 712 valence electrons. The molecule has 14 heterocycles. The highest BCUT2D eigenvalue weighted by molar-refractivity contribution is 7.98. The van der Waals surface area contributed by atoms with E-state index in [1.54, 1.807) is 20.8 Å². The molecule has 0 atom stereocenters. The number of nitrogens with one attached hydrogen (secondary N) is 7. The Morgan fingerprint density at radius 1 is 0.345 bits per heavy atom. The average molecular weight is 2030 g/mol. The maximum atomic E-state index is 11.9. The van der Waals surface area contributed by atoms with Crippen molar-refractivity contribution in [3.05, 3.63) is 264 Å². The third-order valence-electron chi connectivity index (χ3n) is 17.8. The second-order valence-corrected chi connectivity index (χ2v) is 36.6. The van der Waals surface area contributed by atoms with Crippen molar-refractivity contribution in [3.63, 3.8) is 0 Å². The van der Waals surface area contributed by atoms with E-state index < -0.39 is 39.4 Å². The molecule has 0 bridgehead atoms. The maximum Gasteiger partial charge on any atom is 0.385 e. The molecule has 0 radical (unpaired) electrons. The Kier molecular flexibility index (Phi) is 34.3. The van der Waals surface area contributed by atoms with Crippen molar-refractivity contribution < 1.29 is 31.7 Å². The lowest BCUT2D eigenvalue weighted by Crippen LogP contribution is -2.12. The molecule has 0 aliphatic rings. The number of para-hydroxylation sites is 1. The molecular formula is C83H78N34O14S8. The normalized spacial score (nSPS) is 11.7. The van der Waals surface area contributed by atoms with Crippen LogP contribution < -0.4 is 39.4 Å². The standard InChI is InChI=1S/C17H11N5O2S.C14H14N4O2S.C13H11N5O2S.C12H9N5O2S.C10H13N5O2S.C9H11N5O2S2.C8H9N5O2S/c23-16-14(13(21-24-16)11-7-3-1-4-8-11)19-20-17-18-15(22-25-17)12-9-5-2-6-10-12;1-14(2,3)11-10(12(19)20-18-11)16-17-13-15-8-6-4-5-7-9(8)21-13;1-2-9-10(12(19)20-18-9)14-16-13-17-15-11(21-13)8-6-4-3-5-7-8;1-7-9(11(18)19-16-7)14-15-12-13-10(17-20-12)8-5-3-2-4-6-8;1-5-11-9(18-15-5)13-12-6-7(10(2,3)4)14-17-8(6)16;1-4(2)5-6(7(15)16-13-5)11-12-8-10-9(17-3)14-18-8;1-3-5-6(7(14)15-12-5)10-11-8-9-4(2)13-16-8/h1-10,21H;4-7,18H,1-3H3;3-7,18H,2H2,1H3;2-6,16H,1H3;14H,1-4H3;4,13H,1-3H3;12H,3H2,1-2H3. The van der Waals surface area contributed by atoms with Gasteiger partial charge in [-0.3, -0.25) is 0 Å². The van der Waals surface area contributed by atoms with E-state index in [4.69, 9.17) is 18.1 Å². The number of aromatic nitrogens is 20. The van der Waals surface area contributed by atoms with E-state index in [0.717, 1.165) is 95.1 Å². The summed E-state index contributed by atoms with van der Waals surface area (Å²) in [6.45, 7) is 24.6. The minimum Gasteiger partial charge on any atom is -0.336 e. The van der Waals surface area contributed by atoms with Gasteiger partial charge in [0.1, 0.15) is 22.4 Å². The van der Waals surface area contributed by atoms with Gasteiger partial charge < -0.3 is 31.7 Å². The lowest BCUT2D eigenvalue weighted by molar-refractivity contribution is 0.370. The summed E-state index contributed by atoms with van der Waals surface area (Å²) in [6.07, 6.45) is 3.10. The van der Waals surface area contributed by atoms with Gasteiger partial charge in [-0.05, 0) is 57.9 Å². The average Bonchev–Trinajstić information content (AvgIpc) is 1.67. The molecule has 0 unspecified atom stereocenters. The molecule has 0 aliphatic carbocycles. The topological polar surface area (TPSA) is 663 Å². The Labute approximate surface area is 813 Å². The number of H-pyrrole nitrogens is 7. The van der Waals surface area contributed by atoms with Crippen molar-refractivity contribution in [2.24, 2.45) is 71.6 Å². The molecule has 0 saturated carbocycles. The molecule has 19 rings (SSSR count). The second-order valence-electron chi connectivity index (χ2n) is 30.2. The zero-order valence-electron chi connectivity index (χ0n) is 75.4. The van der Waals surface area contributed by atoms with E-state index in [0.29, 0.717) is 117 Å². The molecule has 0 fully saturated rings. The summed E-state index contributed by atoms with van der Waals surface area (Å²) < 4.78 is 54.5. The Bertz CT molecular complexity index is 7910. The SMILES string of the molecule is CC(C)(C)c1[nH]oc(=O)c1N=Nc1nc2ccccc2s1.CCc1[nH]oc(=O)c1N=Nc1nc(C)ns1.CCc1[nH]oc(=O)c1N=Nc1nnc(-c2ccccc2)s1.CSc1nsc(N=Nc2c(C(C)C)[nH]oc2=O)n1.Cc1[nH]oc(=O)c1N=Nc1nc(-c2ccccc2)ns1.Cc1nsc(N=Nc2c(C(C)(C)C)[nH]oc2=O)n1.O=c1o[nH]c(-c2ccccc2)c1N=Nc1nc(-c2ccccc2)ns1. The molecule has 14 aromatic heterocycles. The highest BCUT2D eigenvalue weighted by atomic mass is 32.2. The summed E-state index contributed by atoms with van der Waals surface area (Å²) in [7, 11) is 0. The molecule has 0 amide bonds. The van der Waals surface area contributed by atoms with Gasteiger partial charge in [-0.15, -0.1) is 81.8 Å². The van der Waals surface area contributed by atoms with Crippen molar-refractivity contribution in [1.29, 1.82) is 0 Å². The predicted molar refractivity (Wildman–Crippen MR) is 522 cm³/mol. The van der Waals surface area contributed by atoms with Crippen LogP contribution in [-0.4, -0.2) is 104 Å². The first kappa shape index (κ1) is 100. The summed E-state index contributed by atoms with van der Waals surface area (Å²) in [5.41, 5.74) is 5.29. The van der Waals surface area contributed by atoms with Crippen LogP contribution in [0.5, 0.6) is 0 Å². The van der Waals surface area contributed by atoms with Crippen LogP contribution in [0.25, 0.3) is 54.8 Å². The molecule has 0 aliphatic heterocycles. The fraction of sp³-hybridized carbons (Fsp3) is 0.229. The quantitative estimate of drug-likeness (QED) is 0.0245. The molecule has 0 saturated heterocycles. The van der Waals surface area contributed by atoms with Crippen LogP contribution in [-0.2, 0) is 23.7 Å². The summed E-state index contributed by atoms with van der Waals surface area (Å²) in [5.74, 6) is 2.52. The van der Waals surface area contributed by atoms with Crippen LogP contribution in [0.2, 0.25) is 0 Å². The van der Waals surface area contributed by atoms with E-state index in [1.165, 1.54) is 34.4 Å². The van der Waals surface area contributed by atoms with E-state index in [9.17, 15) is 33.6 Å². The van der Waals surface area contributed by atoms with Crippen molar-refractivity contribution in [2.45, 2.75) is 125 Å². The largest absolute Gasteiger partial charge is 0.385 e. The fourth-order valence-electron chi connectivity index (χ4n) is 11.0. The number of hydrogen-bond acceptors (Lipinski definition) is 49. The van der Waals surface area contributed by atoms with Gasteiger partial charge in [-0.2, -0.15) is 36.8 Å². The van der Waals surface area contributed by atoms with Crippen LogP contribution in [0.3, 0.4) is 0 Å². The van der Waals surface area contributed by atoms with Crippen molar-refractivity contribution >= 4 is 178 Å². The minimum absolute atomic E-state index is 0.0987. The first-order valence-electron chi connectivity index (χ1n) is 40.9. The Hall–Kier alpha value is -16.0. The Balaban J connectivity index is 0.000000137. The van der Waals surface area contributed by atoms with Gasteiger partial charge in [0, 0.05) is 90.7 Å². The van der Waals surface area contributed by atoms with Gasteiger partial charge in [-0.25, -0.2) is 84.6 Å². The van der Waals surface area contributed by atoms with Crippen LogP contribution >= 0.6 is 92.1 Å².